The summed E-state index contributed by atoms with van der Waals surface area (Å²) >= 11 is 0. The predicted molar refractivity (Wildman–Crippen MR) is 140 cm³/mol. The van der Waals surface area contributed by atoms with Gasteiger partial charge in [-0.3, -0.25) is 14.5 Å². The molecule has 1 fully saturated rings. The molecule has 3 aliphatic rings. The van der Waals surface area contributed by atoms with Crippen LogP contribution in [0.15, 0.2) is 36.4 Å². The monoisotopic (exact) mass is 521 g/mol. The molecule has 1 saturated heterocycles. The summed E-state index contributed by atoms with van der Waals surface area (Å²) in [5.74, 6) is 2.04. The number of fused-ring (bicyclic) bond motifs is 2. The number of nitrogens with one attached hydrogen (secondary N) is 1. The summed E-state index contributed by atoms with van der Waals surface area (Å²) in [6.07, 6.45) is 4.60. The molecule has 3 aliphatic heterocycles. The van der Waals surface area contributed by atoms with Gasteiger partial charge in [-0.1, -0.05) is 18.6 Å². The molecule has 1 N–H and O–H groups in total. The summed E-state index contributed by atoms with van der Waals surface area (Å²) in [4.78, 5) is 40.3. The lowest BCUT2D eigenvalue weighted by Gasteiger charge is -2.36. The lowest BCUT2D eigenvalue weighted by molar-refractivity contribution is -0.121. The molecule has 2 aromatic rings. The Morgan fingerprint density at radius 2 is 2.08 bits per heavy atom. The van der Waals surface area contributed by atoms with E-state index in [9.17, 15) is 14.4 Å². The molecule has 38 heavy (non-hydrogen) atoms. The Bertz CT molecular complexity index is 1180. The van der Waals surface area contributed by atoms with Gasteiger partial charge in [0.15, 0.2) is 11.5 Å². The van der Waals surface area contributed by atoms with Crippen LogP contribution in [0.5, 0.6) is 17.2 Å². The van der Waals surface area contributed by atoms with E-state index in [1.807, 2.05) is 24.3 Å². The topological polar surface area (TPSA) is 97.4 Å². The van der Waals surface area contributed by atoms with Gasteiger partial charge in [0.25, 0.3) is 5.91 Å². The maximum Gasteiger partial charge on any atom is 0.255 e. The molecule has 0 bridgehead atoms. The molecule has 5 rings (SSSR count). The number of ether oxygens (including phenoxy) is 3. The molecular weight excluding hydrogens is 486 g/mol. The van der Waals surface area contributed by atoms with Crippen LogP contribution < -0.4 is 19.5 Å². The van der Waals surface area contributed by atoms with E-state index in [4.69, 9.17) is 14.2 Å². The van der Waals surface area contributed by atoms with Gasteiger partial charge >= 0.3 is 0 Å². The van der Waals surface area contributed by atoms with Crippen molar-refractivity contribution in [1.29, 1.82) is 0 Å². The lowest BCUT2D eigenvalue weighted by atomic mass is 10.0. The minimum Gasteiger partial charge on any atom is -0.492 e. The maximum atomic E-state index is 12.9. The van der Waals surface area contributed by atoms with Gasteiger partial charge in [0.2, 0.25) is 5.91 Å². The molecule has 2 amide bonds. The van der Waals surface area contributed by atoms with E-state index in [1.165, 1.54) is 0 Å². The second-order valence-corrected chi connectivity index (χ2v) is 10.0. The Balaban J connectivity index is 1.22. The summed E-state index contributed by atoms with van der Waals surface area (Å²) in [5, 5.41) is 2.55. The molecule has 0 aromatic heterocycles. The van der Waals surface area contributed by atoms with Gasteiger partial charge in [0.05, 0.1) is 6.04 Å². The average molecular weight is 522 g/mol. The van der Waals surface area contributed by atoms with Crippen molar-refractivity contribution in [1.82, 2.24) is 15.1 Å². The van der Waals surface area contributed by atoms with Gasteiger partial charge in [-0.25, -0.2) is 0 Å². The summed E-state index contributed by atoms with van der Waals surface area (Å²) in [5.41, 5.74) is 2.55. The molecule has 2 unspecified atom stereocenters. The third-order valence-corrected chi connectivity index (χ3v) is 7.62. The van der Waals surface area contributed by atoms with Gasteiger partial charge in [0.1, 0.15) is 31.9 Å². The fraction of sp³-hybridized carbons (Fsp3) is 0.483. The Hall–Kier alpha value is -3.59. The highest BCUT2D eigenvalue weighted by Gasteiger charge is 2.33. The van der Waals surface area contributed by atoms with E-state index in [0.717, 1.165) is 61.3 Å². The van der Waals surface area contributed by atoms with Crippen LogP contribution in [0.25, 0.3) is 0 Å². The van der Waals surface area contributed by atoms with Crippen LogP contribution in [0.2, 0.25) is 0 Å². The van der Waals surface area contributed by atoms with Gasteiger partial charge in [-0.2, -0.15) is 0 Å². The number of benzene rings is 2. The van der Waals surface area contributed by atoms with Crippen molar-refractivity contribution < 1.29 is 28.6 Å². The Morgan fingerprint density at radius 1 is 1.21 bits per heavy atom. The van der Waals surface area contributed by atoms with Gasteiger partial charge in [-0.15, -0.1) is 0 Å². The molecule has 9 nitrogen and oxygen atoms in total. The first-order valence-corrected chi connectivity index (χ1v) is 13.4. The normalized spacial score (nSPS) is 19.6. The van der Waals surface area contributed by atoms with Crippen LogP contribution in [0, 0.1) is 0 Å². The van der Waals surface area contributed by atoms with Crippen LogP contribution >= 0.6 is 0 Å². The Labute approximate surface area is 223 Å². The molecule has 202 valence electrons. The van der Waals surface area contributed by atoms with E-state index in [0.29, 0.717) is 44.1 Å². The van der Waals surface area contributed by atoms with Crippen molar-refractivity contribution in [3.8, 4) is 17.2 Å². The number of para-hydroxylation sites is 1. The molecule has 0 aliphatic carbocycles. The number of amides is 2. The summed E-state index contributed by atoms with van der Waals surface area (Å²) in [6, 6.07) is 11.2. The van der Waals surface area contributed by atoms with Crippen LogP contribution in [0.3, 0.4) is 0 Å². The second kappa shape index (κ2) is 11.9. The van der Waals surface area contributed by atoms with E-state index in [1.54, 1.807) is 18.0 Å². The zero-order valence-electron chi connectivity index (χ0n) is 21.8. The molecule has 3 heterocycles. The number of aldehydes is 1. The van der Waals surface area contributed by atoms with Crippen molar-refractivity contribution in [3.63, 3.8) is 0 Å². The summed E-state index contributed by atoms with van der Waals surface area (Å²) in [7, 11) is 1.56. The minimum atomic E-state index is -0.634. The first-order chi connectivity index (χ1) is 18.6. The number of piperidine rings is 1. The minimum absolute atomic E-state index is 0.151. The van der Waals surface area contributed by atoms with Crippen molar-refractivity contribution >= 4 is 18.1 Å². The molecular formula is C29H35N3O6. The van der Waals surface area contributed by atoms with Crippen LogP contribution in [0.1, 0.15) is 53.6 Å². The number of carbonyl (C=O) groups is 3. The molecule has 2 aromatic carbocycles. The van der Waals surface area contributed by atoms with Crippen molar-refractivity contribution in [2.45, 2.75) is 57.3 Å². The SMILES string of the molecule is CNC(=O)CCC(C=O)N1Cc2cc(OCC3CCCCN3Cc3cccc4c3OCCO4)ccc2C1=O. The quantitative estimate of drug-likeness (QED) is 0.480. The zero-order chi connectivity index (χ0) is 26.5. The van der Waals surface area contributed by atoms with Gasteiger partial charge in [-0.05, 0) is 55.6 Å². The maximum absolute atomic E-state index is 12.9. The third-order valence-electron chi connectivity index (χ3n) is 7.62. The standard InChI is InChI=1S/C29H35N3O6/c1-30-27(34)11-8-22(18-33)32-17-21-15-24(9-10-25(21)29(32)35)38-19-23-6-2-3-12-31(23)16-20-5-4-7-26-28(20)37-14-13-36-26/h4-5,7,9-10,15,18,22-23H,2-3,6,8,11-14,16-17,19H2,1H3,(H,30,34). The van der Waals surface area contributed by atoms with Gasteiger partial charge in [0, 0.05) is 43.7 Å². The number of likely N-dealkylation sites (tertiary alicyclic amines) is 1. The Kier molecular flexibility index (Phi) is 8.12. The highest BCUT2D eigenvalue weighted by Crippen LogP contribution is 2.35. The number of hydrogen-bond acceptors (Lipinski definition) is 7. The van der Waals surface area contributed by atoms with E-state index in [-0.39, 0.29) is 24.3 Å². The lowest BCUT2D eigenvalue weighted by Crippen LogP contribution is -2.42. The highest BCUT2D eigenvalue weighted by atomic mass is 16.6. The van der Waals surface area contributed by atoms with Crippen LogP contribution in [-0.4, -0.2) is 73.4 Å². The third kappa shape index (κ3) is 5.62. The summed E-state index contributed by atoms with van der Waals surface area (Å²) in [6.45, 7) is 3.79. The van der Waals surface area contributed by atoms with Crippen molar-refractivity contribution in [3.05, 3.63) is 53.1 Å². The van der Waals surface area contributed by atoms with Crippen LogP contribution in [0.4, 0.5) is 0 Å². The largest absolute Gasteiger partial charge is 0.492 e. The Morgan fingerprint density at radius 3 is 2.92 bits per heavy atom. The first-order valence-electron chi connectivity index (χ1n) is 13.4. The smallest absolute Gasteiger partial charge is 0.255 e. The molecule has 0 saturated carbocycles. The number of rotatable bonds is 10. The molecule has 0 radical (unpaired) electrons. The summed E-state index contributed by atoms with van der Waals surface area (Å²) < 4.78 is 17.9. The molecule has 2 atom stereocenters. The van der Waals surface area contributed by atoms with E-state index >= 15 is 0 Å². The average Bonchev–Trinajstić information content (AvgIpc) is 3.28. The molecule has 0 spiro atoms. The zero-order valence-corrected chi connectivity index (χ0v) is 21.8. The number of nitrogens with zero attached hydrogens (tertiary/aromatic N) is 2. The van der Waals surface area contributed by atoms with Crippen molar-refractivity contribution in [2.75, 3.05) is 33.4 Å². The fourth-order valence-corrected chi connectivity index (χ4v) is 5.51. The van der Waals surface area contributed by atoms with E-state index in [2.05, 4.69) is 16.3 Å². The van der Waals surface area contributed by atoms with Crippen LogP contribution in [-0.2, 0) is 22.7 Å². The van der Waals surface area contributed by atoms with Crippen molar-refractivity contribution in [2.24, 2.45) is 0 Å². The number of hydrogen-bond donors (Lipinski definition) is 1. The highest BCUT2D eigenvalue weighted by molar-refractivity contribution is 5.99. The fourth-order valence-electron chi connectivity index (χ4n) is 5.51. The number of carbonyl (C=O) groups excluding carboxylic acids is 3. The predicted octanol–water partition coefficient (Wildman–Crippen LogP) is 2.94. The molecule has 9 heteroatoms. The second-order valence-electron chi connectivity index (χ2n) is 10.0. The first kappa shape index (κ1) is 26.0. The van der Waals surface area contributed by atoms with E-state index < -0.39 is 6.04 Å². The van der Waals surface area contributed by atoms with Gasteiger partial charge < -0.3 is 29.2 Å².